The van der Waals surface area contributed by atoms with Gasteiger partial charge in [0.05, 0.1) is 0 Å². The topological polar surface area (TPSA) is 0 Å². The molecule has 0 heterocycles. The monoisotopic (exact) mass is 334 g/mol. The van der Waals surface area contributed by atoms with Crippen molar-refractivity contribution < 1.29 is 0 Å². The van der Waals surface area contributed by atoms with E-state index in [1.807, 2.05) is 33.3 Å². The van der Waals surface area contributed by atoms with Crippen molar-refractivity contribution in [1.29, 1.82) is 0 Å². The van der Waals surface area contributed by atoms with Crippen molar-refractivity contribution in [2.75, 3.05) is 5.75 Å². The Hall–Kier alpha value is -0.510. The van der Waals surface area contributed by atoms with Gasteiger partial charge in [-0.2, -0.15) is 11.8 Å². The van der Waals surface area contributed by atoms with Crippen molar-refractivity contribution >= 4 is 33.3 Å². The third kappa shape index (κ3) is 6.86. The van der Waals surface area contributed by atoms with Gasteiger partial charge in [-0.05, 0) is 29.2 Å². The Morgan fingerprint density at radius 2 is 1.57 bits per heavy atom. The Bertz CT molecular complexity index is 523. The molecule has 0 aliphatic rings. The zero-order valence-corrected chi connectivity index (χ0v) is 15.1. The first-order chi connectivity index (χ1) is 10.2. The average molecular weight is 335 g/mol. The molecule has 3 heteroatoms. The summed E-state index contributed by atoms with van der Waals surface area (Å²) in [6, 6.07) is 19.6. The summed E-state index contributed by atoms with van der Waals surface area (Å²) < 4.78 is 0. The first-order valence-electron chi connectivity index (χ1n) is 7.24. The quantitative estimate of drug-likeness (QED) is 0.505. The van der Waals surface area contributed by atoms with Crippen LogP contribution in [0.1, 0.15) is 25.0 Å². The van der Waals surface area contributed by atoms with Gasteiger partial charge in [0.1, 0.15) is 0 Å². The molecule has 0 saturated heterocycles. The van der Waals surface area contributed by atoms with E-state index in [1.165, 1.54) is 21.8 Å². The Kier molecular flexibility index (Phi) is 7.62. The molecule has 112 valence electrons. The van der Waals surface area contributed by atoms with Crippen molar-refractivity contribution in [3.63, 3.8) is 0 Å². The first kappa shape index (κ1) is 16.9. The van der Waals surface area contributed by atoms with Gasteiger partial charge in [0, 0.05) is 22.2 Å². The van der Waals surface area contributed by atoms with E-state index >= 15 is 0 Å². The van der Waals surface area contributed by atoms with E-state index in [2.05, 4.69) is 68.4 Å². The second-order valence-electron chi connectivity index (χ2n) is 5.39. The van der Waals surface area contributed by atoms with Crippen LogP contribution < -0.4 is 0 Å². The maximum absolute atomic E-state index is 2.33. The highest BCUT2D eigenvalue weighted by Gasteiger charge is 2.00. The molecule has 0 aromatic heterocycles. The number of thioether (sulfide) groups is 1. The lowest BCUT2D eigenvalue weighted by molar-refractivity contribution is 0.752. The maximum Gasteiger partial charge on any atom is 0.0188 e. The van der Waals surface area contributed by atoms with Crippen LogP contribution in [0.3, 0.4) is 0 Å². The van der Waals surface area contributed by atoms with E-state index in [4.69, 9.17) is 0 Å². The Balaban J connectivity index is 1.78. The molecular formula is C18H22S3. The predicted octanol–water partition coefficient (Wildman–Crippen LogP) is 6.52. The summed E-state index contributed by atoms with van der Waals surface area (Å²) >= 11 is 1.98. The molecule has 0 spiro atoms. The van der Waals surface area contributed by atoms with Gasteiger partial charge in [-0.15, -0.1) is 0 Å². The number of hydrogen-bond donors (Lipinski definition) is 0. The molecule has 2 aromatic carbocycles. The fourth-order valence-electron chi connectivity index (χ4n) is 1.79. The molecule has 0 N–H and O–H groups in total. The SMILES string of the molecule is CC(C)CSSc1cccc(CSCc2ccccc2)c1. The molecular weight excluding hydrogens is 312 g/mol. The minimum absolute atomic E-state index is 0.757. The van der Waals surface area contributed by atoms with Crippen LogP contribution >= 0.6 is 33.3 Å². The van der Waals surface area contributed by atoms with Crippen LogP contribution in [0.5, 0.6) is 0 Å². The Morgan fingerprint density at radius 3 is 2.33 bits per heavy atom. The highest BCUT2D eigenvalue weighted by molar-refractivity contribution is 8.76. The second kappa shape index (κ2) is 9.50. The summed E-state index contributed by atoms with van der Waals surface area (Å²) in [4.78, 5) is 1.37. The van der Waals surface area contributed by atoms with Gasteiger partial charge in [-0.25, -0.2) is 0 Å². The number of hydrogen-bond acceptors (Lipinski definition) is 3. The summed E-state index contributed by atoms with van der Waals surface area (Å²) in [7, 11) is 3.85. The van der Waals surface area contributed by atoms with Crippen LogP contribution in [0.4, 0.5) is 0 Å². The molecule has 21 heavy (non-hydrogen) atoms. The van der Waals surface area contributed by atoms with E-state index in [1.54, 1.807) is 0 Å². The van der Waals surface area contributed by atoms with Gasteiger partial charge >= 0.3 is 0 Å². The minimum Gasteiger partial charge on any atom is -0.152 e. The number of rotatable bonds is 8. The molecule has 0 bridgehead atoms. The zero-order chi connectivity index (χ0) is 14.9. The Morgan fingerprint density at radius 1 is 0.857 bits per heavy atom. The second-order valence-corrected chi connectivity index (χ2v) is 8.79. The van der Waals surface area contributed by atoms with E-state index in [0.29, 0.717) is 0 Å². The molecule has 0 amide bonds. The predicted molar refractivity (Wildman–Crippen MR) is 101 cm³/mol. The van der Waals surface area contributed by atoms with Crippen molar-refractivity contribution in [2.45, 2.75) is 30.2 Å². The molecule has 0 aliphatic heterocycles. The first-order valence-corrected chi connectivity index (χ1v) is 10.7. The lowest BCUT2D eigenvalue weighted by atomic mass is 10.2. The molecule has 0 aliphatic carbocycles. The van der Waals surface area contributed by atoms with E-state index in [-0.39, 0.29) is 0 Å². The maximum atomic E-state index is 2.33. The lowest BCUT2D eigenvalue weighted by Crippen LogP contribution is -1.88. The van der Waals surface area contributed by atoms with Gasteiger partial charge in [0.2, 0.25) is 0 Å². The van der Waals surface area contributed by atoms with Crippen LogP contribution in [0.25, 0.3) is 0 Å². The van der Waals surface area contributed by atoms with Gasteiger partial charge in [0.25, 0.3) is 0 Å². The van der Waals surface area contributed by atoms with Crippen molar-refractivity contribution in [3.05, 3.63) is 65.7 Å². The van der Waals surface area contributed by atoms with Crippen molar-refractivity contribution in [2.24, 2.45) is 5.92 Å². The molecule has 2 aromatic rings. The average Bonchev–Trinajstić information content (AvgIpc) is 2.48. The van der Waals surface area contributed by atoms with Gasteiger partial charge in [0.15, 0.2) is 0 Å². The smallest absolute Gasteiger partial charge is 0.0188 e. The van der Waals surface area contributed by atoms with Gasteiger partial charge < -0.3 is 0 Å². The van der Waals surface area contributed by atoms with Crippen LogP contribution in [0.15, 0.2) is 59.5 Å². The van der Waals surface area contributed by atoms with E-state index in [0.717, 1.165) is 17.4 Å². The fourth-order valence-corrected chi connectivity index (χ4v) is 5.28. The molecule has 2 rings (SSSR count). The third-order valence-corrected chi connectivity index (χ3v) is 6.62. The standard InChI is InChI=1S/C18H22S3/c1-15(2)12-20-21-18-10-6-9-17(11-18)14-19-13-16-7-4-3-5-8-16/h3-11,15H,12-14H2,1-2H3. The highest BCUT2D eigenvalue weighted by Crippen LogP contribution is 2.33. The molecule has 0 atom stereocenters. The van der Waals surface area contributed by atoms with Crippen molar-refractivity contribution in [1.82, 2.24) is 0 Å². The molecule has 0 radical (unpaired) electrons. The summed E-state index contributed by atoms with van der Waals surface area (Å²) in [6.45, 7) is 4.54. The molecule has 0 nitrogen and oxygen atoms in total. The molecule has 0 fully saturated rings. The third-order valence-electron chi connectivity index (χ3n) is 2.84. The lowest BCUT2D eigenvalue weighted by Gasteiger charge is -2.06. The molecule has 0 saturated carbocycles. The summed E-state index contributed by atoms with van der Waals surface area (Å²) in [6.07, 6.45) is 0. The normalized spacial score (nSPS) is 11.0. The van der Waals surface area contributed by atoms with E-state index in [9.17, 15) is 0 Å². The zero-order valence-electron chi connectivity index (χ0n) is 12.6. The van der Waals surface area contributed by atoms with Crippen LogP contribution in [-0.2, 0) is 11.5 Å². The van der Waals surface area contributed by atoms with Crippen LogP contribution in [0.2, 0.25) is 0 Å². The summed E-state index contributed by atoms with van der Waals surface area (Å²) in [5.41, 5.74) is 2.83. The summed E-state index contributed by atoms with van der Waals surface area (Å²) in [5.74, 6) is 4.13. The van der Waals surface area contributed by atoms with Crippen LogP contribution in [-0.4, -0.2) is 5.75 Å². The van der Waals surface area contributed by atoms with Gasteiger partial charge in [-0.3, -0.25) is 0 Å². The molecule has 0 unspecified atom stereocenters. The summed E-state index contributed by atoms with van der Waals surface area (Å²) in [5, 5.41) is 0. The van der Waals surface area contributed by atoms with Gasteiger partial charge in [-0.1, -0.05) is 77.9 Å². The highest BCUT2D eigenvalue weighted by atomic mass is 33.1. The minimum atomic E-state index is 0.757. The van der Waals surface area contributed by atoms with E-state index < -0.39 is 0 Å². The van der Waals surface area contributed by atoms with Crippen LogP contribution in [0, 0.1) is 5.92 Å². The number of benzene rings is 2. The largest absolute Gasteiger partial charge is 0.152 e. The fraction of sp³-hybridized carbons (Fsp3) is 0.333. The van der Waals surface area contributed by atoms with Crippen molar-refractivity contribution in [3.8, 4) is 0 Å². The Labute approximate surface area is 140 Å².